The number of nitrogens with one attached hydrogen (secondary N) is 1. The first kappa shape index (κ1) is 13.7. The van der Waals surface area contributed by atoms with Crippen molar-refractivity contribution in [2.45, 2.75) is 45.9 Å². The zero-order chi connectivity index (χ0) is 12.9. The summed E-state index contributed by atoms with van der Waals surface area (Å²) in [6.07, 6.45) is 0. The van der Waals surface area contributed by atoms with Crippen molar-refractivity contribution in [1.82, 2.24) is 5.32 Å². The molecule has 94 valence electrons. The van der Waals surface area contributed by atoms with Crippen LogP contribution in [-0.4, -0.2) is 17.6 Å². The summed E-state index contributed by atoms with van der Waals surface area (Å²) in [5, 5.41) is 3.18. The van der Waals surface area contributed by atoms with Crippen LogP contribution >= 0.6 is 0 Å². The topological polar surface area (TPSA) is 38.3 Å². The SMILES string of the molecule is C[C@H](NC(C)(C)C)C(=O)OCc1ccccc1. The maximum Gasteiger partial charge on any atom is 0.323 e. The minimum Gasteiger partial charge on any atom is -0.460 e. The van der Waals surface area contributed by atoms with E-state index in [4.69, 9.17) is 4.74 Å². The minimum absolute atomic E-state index is 0.0921. The zero-order valence-electron chi connectivity index (χ0n) is 11.0. The van der Waals surface area contributed by atoms with Gasteiger partial charge < -0.3 is 4.74 Å². The van der Waals surface area contributed by atoms with Crippen LogP contribution in [-0.2, 0) is 16.1 Å². The zero-order valence-corrected chi connectivity index (χ0v) is 11.0. The molecule has 0 saturated heterocycles. The van der Waals surface area contributed by atoms with Crippen molar-refractivity contribution < 1.29 is 9.53 Å². The van der Waals surface area contributed by atoms with Crippen molar-refractivity contribution in [2.75, 3.05) is 0 Å². The fraction of sp³-hybridized carbons (Fsp3) is 0.500. The molecule has 0 aromatic heterocycles. The molecule has 0 aliphatic heterocycles. The molecule has 1 N–H and O–H groups in total. The predicted octanol–water partition coefficient (Wildman–Crippen LogP) is 2.51. The number of carbonyl (C=O) groups is 1. The maximum atomic E-state index is 11.7. The standard InChI is InChI=1S/C14H21NO2/c1-11(15-14(2,3)4)13(16)17-10-12-8-6-5-7-9-12/h5-9,11,15H,10H2,1-4H3/t11-/m0/s1. The summed E-state index contributed by atoms with van der Waals surface area (Å²) in [5.74, 6) is -0.219. The molecule has 3 heteroatoms. The highest BCUT2D eigenvalue weighted by atomic mass is 16.5. The van der Waals surface area contributed by atoms with E-state index in [9.17, 15) is 4.79 Å². The smallest absolute Gasteiger partial charge is 0.323 e. The number of benzene rings is 1. The first-order valence-electron chi connectivity index (χ1n) is 5.87. The summed E-state index contributed by atoms with van der Waals surface area (Å²) in [7, 11) is 0. The van der Waals surface area contributed by atoms with Gasteiger partial charge in [0.15, 0.2) is 0 Å². The second-order valence-electron chi connectivity index (χ2n) is 5.21. The molecule has 0 spiro atoms. The average Bonchev–Trinajstić information content (AvgIpc) is 2.25. The van der Waals surface area contributed by atoms with Crippen molar-refractivity contribution in [3.8, 4) is 0 Å². The maximum absolute atomic E-state index is 11.7. The lowest BCUT2D eigenvalue weighted by Gasteiger charge is -2.24. The first-order chi connectivity index (χ1) is 7.88. The number of hydrogen-bond donors (Lipinski definition) is 1. The third-order valence-corrected chi connectivity index (χ3v) is 2.23. The molecule has 0 aliphatic rings. The van der Waals surface area contributed by atoms with Gasteiger partial charge in [-0.3, -0.25) is 10.1 Å². The average molecular weight is 235 g/mol. The molecule has 1 aromatic rings. The molecule has 0 radical (unpaired) electrons. The van der Waals surface area contributed by atoms with Gasteiger partial charge >= 0.3 is 5.97 Å². The Kier molecular flexibility index (Phi) is 4.70. The molecule has 1 rings (SSSR count). The van der Waals surface area contributed by atoms with E-state index in [2.05, 4.69) is 5.32 Å². The molecule has 0 unspecified atom stereocenters. The molecule has 3 nitrogen and oxygen atoms in total. The summed E-state index contributed by atoms with van der Waals surface area (Å²) in [6, 6.07) is 9.39. The Labute approximate surface area is 103 Å². The predicted molar refractivity (Wildman–Crippen MR) is 68.6 cm³/mol. The molecule has 0 saturated carbocycles. The van der Waals surface area contributed by atoms with E-state index in [-0.39, 0.29) is 17.6 Å². The molecule has 1 aromatic carbocycles. The van der Waals surface area contributed by atoms with E-state index < -0.39 is 0 Å². The van der Waals surface area contributed by atoms with E-state index in [1.165, 1.54) is 0 Å². The van der Waals surface area contributed by atoms with Crippen LogP contribution in [0.4, 0.5) is 0 Å². The lowest BCUT2D eigenvalue weighted by molar-refractivity contribution is -0.147. The summed E-state index contributed by atoms with van der Waals surface area (Å²) < 4.78 is 5.23. The van der Waals surface area contributed by atoms with E-state index in [1.807, 2.05) is 58.0 Å². The number of ether oxygens (including phenoxy) is 1. The molecule has 17 heavy (non-hydrogen) atoms. The largest absolute Gasteiger partial charge is 0.460 e. The van der Waals surface area contributed by atoms with Crippen LogP contribution in [0.25, 0.3) is 0 Å². The fourth-order valence-electron chi connectivity index (χ4n) is 1.56. The second-order valence-corrected chi connectivity index (χ2v) is 5.21. The molecule has 0 heterocycles. The van der Waals surface area contributed by atoms with E-state index in [0.717, 1.165) is 5.56 Å². The number of esters is 1. The van der Waals surface area contributed by atoms with Gasteiger partial charge in [-0.1, -0.05) is 30.3 Å². The Balaban J connectivity index is 2.40. The van der Waals surface area contributed by atoms with Crippen molar-refractivity contribution in [3.63, 3.8) is 0 Å². The number of rotatable bonds is 4. The van der Waals surface area contributed by atoms with Crippen LogP contribution in [0.1, 0.15) is 33.3 Å². The van der Waals surface area contributed by atoms with Crippen molar-refractivity contribution in [2.24, 2.45) is 0 Å². The minimum atomic E-state index is -0.293. The van der Waals surface area contributed by atoms with E-state index in [1.54, 1.807) is 0 Å². The Hall–Kier alpha value is -1.35. The lowest BCUT2D eigenvalue weighted by atomic mass is 10.1. The summed E-state index contributed by atoms with van der Waals surface area (Å²) in [6.45, 7) is 8.21. The van der Waals surface area contributed by atoms with Gasteiger partial charge in [0.1, 0.15) is 12.6 Å². The Morgan fingerprint density at radius 3 is 2.41 bits per heavy atom. The van der Waals surface area contributed by atoms with Crippen molar-refractivity contribution in [1.29, 1.82) is 0 Å². The highest BCUT2D eigenvalue weighted by Gasteiger charge is 2.20. The van der Waals surface area contributed by atoms with Crippen LogP contribution < -0.4 is 5.32 Å². The Morgan fingerprint density at radius 2 is 1.88 bits per heavy atom. The summed E-state index contributed by atoms with van der Waals surface area (Å²) >= 11 is 0. The molecular weight excluding hydrogens is 214 g/mol. The second kappa shape index (κ2) is 5.82. The fourth-order valence-corrected chi connectivity index (χ4v) is 1.56. The molecule has 0 fully saturated rings. The van der Waals surface area contributed by atoms with Crippen LogP contribution in [0.5, 0.6) is 0 Å². The third-order valence-electron chi connectivity index (χ3n) is 2.23. The number of carbonyl (C=O) groups excluding carboxylic acids is 1. The van der Waals surface area contributed by atoms with E-state index in [0.29, 0.717) is 6.61 Å². The quantitative estimate of drug-likeness (QED) is 0.815. The van der Waals surface area contributed by atoms with Crippen LogP contribution in [0.15, 0.2) is 30.3 Å². The first-order valence-corrected chi connectivity index (χ1v) is 5.87. The van der Waals surface area contributed by atoms with E-state index >= 15 is 0 Å². The van der Waals surface area contributed by atoms with Gasteiger partial charge in [0.25, 0.3) is 0 Å². The number of hydrogen-bond acceptors (Lipinski definition) is 3. The van der Waals surface area contributed by atoms with Gasteiger partial charge in [-0.05, 0) is 33.3 Å². The van der Waals surface area contributed by atoms with Gasteiger partial charge in [-0.25, -0.2) is 0 Å². The van der Waals surface area contributed by atoms with Crippen molar-refractivity contribution in [3.05, 3.63) is 35.9 Å². The molecule has 0 aliphatic carbocycles. The van der Waals surface area contributed by atoms with Gasteiger partial charge in [0.2, 0.25) is 0 Å². The highest BCUT2D eigenvalue weighted by Crippen LogP contribution is 2.05. The molecule has 1 atom stereocenters. The lowest BCUT2D eigenvalue weighted by Crippen LogP contribution is -2.46. The Morgan fingerprint density at radius 1 is 1.29 bits per heavy atom. The molecule has 0 bridgehead atoms. The van der Waals surface area contributed by atoms with Crippen LogP contribution in [0, 0.1) is 0 Å². The Bertz CT molecular complexity index is 354. The monoisotopic (exact) mass is 235 g/mol. The summed E-state index contributed by atoms with van der Waals surface area (Å²) in [5.41, 5.74) is 0.911. The summed E-state index contributed by atoms with van der Waals surface area (Å²) in [4.78, 5) is 11.7. The van der Waals surface area contributed by atoms with Crippen LogP contribution in [0.2, 0.25) is 0 Å². The molecular formula is C14H21NO2. The van der Waals surface area contributed by atoms with Crippen molar-refractivity contribution >= 4 is 5.97 Å². The molecule has 0 amide bonds. The van der Waals surface area contributed by atoms with Crippen LogP contribution in [0.3, 0.4) is 0 Å². The highest BCUT2D eigenvalue weighted by molar-refractivity contribution is 5.75. The normalized spacial score (nSPS) is 13.2. The van der Waals surface area contributed by atoms with Gasteiger partial charge in [0.05, 0.1) is 0 Å². The third kappa shape index (κ3) is 5.50. The van der Waals surface area contributed by atoms with Gasteiger partial charge in [0, 0.05) is 5.54 Å². The van der Waals surface area contributed by atoms with Gasteiger partial charge in [-0.15, -0.1) is 0 Å². The van der Waals surface area contributed by atoms with Gasteiger partial charge in [-0.2, -0.15) is 0 Å².